The largest absolute Gasteiger partial charge is 0.472 e. The zero-order valence-corrected chi connectivity index (χ0v) is 13.9. The van der Waals surface area contributed by atoms with Gasteiger partial charge in [0.15, 0.2) is 11.6 Å². The molecule has 0 radical (unpaired) electrons. The number of hydrogen-bond donors (Lipinski definition) is 3. The Hall–Kier alpha value is -2.90. The first kappa shape index (κ1) is 16.9. The zero-order chi connectivity index (χ0) is 18.1. The number of primary amides is 1. The van der Waals surface area contributed by atoms with Gasteiger partial charge in [-0.15, -0.1) is 0 Å². The summed E-state index contributed by atoms with van der Waals surface area (Å²) in [5.74, 6) is -1.56. The van der Waals surface area contributed by atoms with Gasteiger partial charge in [-0.05, 0) is 18.4 Å². The fraction of sp³-hybridized carbons (Fsp3) is 0.353. The van der Waals surface area contributed by atoms with E-state index in [1.165, 1.54) is 12.5 Å². The number of pyridine rings is 1. The molecule has 1 unspecified atom stereocenters. The number of hydrogen-bond acceptors (Lipinski definition) is 5. The molecule has 1 aliphatic rings. The molecule has 2 amide bonds. The van der Waals surface area contributed by atoms with Crippen molar-refractivity contribution in [3.8, 4) is 11.3 Å². The number of anilines is 1. The van der Waals surface area contributed by atoms with Crippen molar-refractivity contribution in [1.29, 1.82) is 0 Å². The highest BCUT2D eigenvalue weighted by Crippen LogP contribution is 2.33. The minimum atomic E-state index is -0.762. The Morgan fingerprint density at radius 3 is 2.88 bits per heavy atom. The summed E-state index contributed by atoms with van der Waals surface area (Å²) in [5.41, 5.74) is 6.67. The second-order valence-electron chi connectivity index (χ2n) is 6.40. The monoisotopic (exact) mass is 346 g/mol. The summed E-state index contributed by atoms with van der Waals surface area (Å²) < 4.78 is 19.9. The second kappa shape index (κ2) is 6.54. The standard InChI is InChI=1S/C17H19FN4O3/c1-8(2)5-11(15(19)23)21-16-13(18)10-6-20-17(24)12(10)14(22-16)9-3-4-25-7-9/h3-4,7-8,11H,5-6H2,1-2H3,(H2,19,23)(H,20,24)(H,21,22). The van der Waals surface area contributed by atoms with Gasteiger partial charge in [0.25, 0.3) is 5.91 Å². The highest BCUT2D eigenvalue weighted by Gasteiger charge is 2.31. The molecule has 0 spiro atoms. The number of amides is 2. The molecule has 0 fully saturated rings. The van der Waals surface area contributed by atoms with Crippen molar-refractivity contribution >= 4 is 17.6 Å². The summed E-state index contributed by atoms with van der Waals surface area (Å²) in [7, 11) is 0. The van der Waals surface area contributed by atoms with Crippen LogP contribution in [0.15, 0.2) is 23.0 Å². The molecule has 8 heteroatoms. The molecule has 0 aromatic carbocycles. The SMILES string of the molecule is CC(C)CC(Nc1nc(-c2ccoc2)c2c(c1F)CNC2=O)C(N)=O. The number of nitrogens with one attached hydrogen (secondary N) is 2. The Labute approximate surface area is 143 Å². The maximum absolute atomic E-state index is 14.8. The van der Waals surface area contributed by atoms with E-state index in [0.717, 1.165) is 0 Å². The van der Waals surface area contributed by atoms with Crippen molar-refractivity contribution < 1.29 is 18.4 Å². The summed E-state index contributed by atoms with van der Waals surface area (Å²) >= 11 is 0. The van der Waals surface area contributed by atoms with Crippen LogP contribution in [0.3, 0.4) is 0 Å². The van der Waals surface area contributed by atoms with E-state index in [-0.39, 0.29) is 29.4 Å². The number of aromatic nitrogens is 1. The Morgan fingerprint density at radius 1 is 1.52 bits per heavy atom. The van der Waals surface area contributed by atoms with Crippen LogP contribution in [0, 0.1) is 11.7 Å². The van der Waals surface area contributed by atoms with Crippen LogP contribution < -0.4 is 16.4 Å². The van der Waals surface area contributed by atoms with Crippen LogP contribution in [0.5, 0.6) is 0 Å². The molecule has 0 aliphatic carbocycles. The van der Waals surface area contributed by atoms with Gasteiger partial charge in [-0.3, -0.25) is 9.59 Å². The van der Waals surface area contributed by atoms with Crippen LogP contribution in [0.1, 0.15) is 36.2 Å². The summed E-state index contributed by atoms with van der Waals surface area (Å²) in [6.07, 6.45) is 3.30. The first-order valence-electron chi connectivity index (χ1n) is 7.97. The van der Waals surface area contributed by atoms with Gasteiger partial charge in [0, 0.05) is 17.7 Å². The molecule has 0 bridgehead atoms. The molecule has 0 saturated carbocycles. The fourth-order valence-corrected chi connectivity index (χ4v) is 2.87. The van der Waals surface area contributed by atoms with E-state index >= 15 is 0 Å². The lowest BCUT2D eigenvalue weighted by Crippen LogP contribution is -2.37. The average molecular weight is 346 g/mol. The quantitative estimate of drug-likeness (QED) is 0.741. The van der Waals surface area contributed by atoms with Crippen LogP contribution >= 0.6 is 0 Å². The van der Waals surface area contributed by atoms with Gasteiger partial charge in [0.05, 0.1) is 23.8 Å². The number of nitrogens with two attached hydrogens (primary N) is 1. The van der Waals surface area contributed by atoms with Crippen LogP contribution in [0.4, 0.5) is 10.2 Å². The molecular formula is C17H19FN4O3. The lowest BCUT2D eigenvalue weighted by atomic mass is 10.0. The van der Waals surface area contributed by atoms with Gasteiger partial charge < -0.3 is 20.8 Å². The van der Waals surface area contributed by atoms with E-state index in [1.807, 2.05) is 13.8 Å². The van der Waals surface area contributed by atoms with Gasteiger partial charge in [-0.1, -0.05) is 13.8 Å². The normalized spacial score (nSPS) is 14.3. The first-order valence-corrected chi connectivity index (χ1v) is 7.97. The summed E-state index contributed by atoms with van der Waals surface area (Å²) in [6, 6.07) is 0.873. The number of halogens is 1. The minimum absolute atomic E-state index is 0.0630. The Balaban J connectivity index is 2.07. The highest BCUT2D eigenvalue weighted by atomic mass is 19.1. The van der Waals surface area contributed by atoms with Gasteiger partial charge >= 0.3 is 0 Å². The molecule has 7 nitrogen and oxygen atoms in total. The van der Waals surface area contributed by atoms with E-state index in [2.05, 4.69) is 15.6 Å². The van der Waals surface area contributed by atoms with Gasteiger partial charge in [0.1, 0.15) is 6.04 Å². The molecule has 1 aliphatic heterocycles. The van der Waals surface area contributed by atoms with Gasteiger partial charge in [0.2, 0.25) is 5.91 Å². The number of nitrogens with zero attached hydrogens (tertiary/aromatic N) is 1. The smallest absolute Gasteiger partial charge is 0.254 e. The predicted octanol–water partition coefficient (Wildman–Crippen LogP) is 2.04. The zero-order valence-electron chi connectivity index (χ0n) is 13.9. The van der Waals surface area contributed by atoms with E-state index < -0.39 is 23.7 Å². The van der Waals surface area contributed by atoms with E-state index in [0.29, 0.717) is 17.7 Å². The molecule has 2 aromatic heterocycles. The molecule has 2 aromatic rings. The second-order valence-corrected chi connectivity index (χ2v) is 6.40. The third-order valence-corrected chi connectivity index (χ3v) is 4.04. The Bertz CT molecular complexity index is 818. The topological polar surface area (TPSA) is 110 Å². The summed E-state index contributed by atoms with van der Waals surface area (Å²) in [4.78, 5) is 28.0. The van der Waals surface area contributed by atoms with Crippen molar-refractivity contribution in [2.75, 3.05) is 5.32 Å². The van der Waals surface area contributed by atoms with Crippen molar-refractivity contribution in [3.05, 3.63) is 35.5 Å². The molecule has 1 atom stereocenters. The van der Waals surface area contributed by atoms with Crippen molar-refractivity contribution in [1.82, 2.24) is 10.3 Å². The fourth-order valence-electron chi connectivity index (χ4n) is 2.87. The van der Waals surface area contributed by atoms with Crippen LogP contribution in [0.2, 0.25) is 0 Å². The van der Waals surface area contributed by atoms with Crippen molar-refractivity contribution in [3.63, 3.8) is 0 Å². The third kappa shape index (κ3) is 3.19. The summed E-state index contributed by atoms with van der Waals surface area (Å²) in [6.45, 7) is 3.93. The van der Waals surface area contributed by atoms with Crippen LogP contribution in [-0.4, -0.2) is 22.8 Å². The highest BCUT2D eigenvalue weighted by molar-refractivity contribution is 6.04. The lowest BCUT2D eigenvalue weighted by Gasteiger charge is -2.19. The maximum atomic E-state index is 14.8. The van der Waals surface area contributed by atoms with E-state index in [4.69, 9.17) is 10.2 Å². The predicted molar refractivity (Wildman–Crippen MR) is 89.1 cm³/mol. The molecule has 25 heavy (non-hydrogen) atoms. The van der Waals surface area contributed by atoms with Gasteiger partial charge in [-0.25, -0.2) is 9.37 Å². The molecule has 4 N–H and O–H groups in total. The van der Waals surface area contributed by atoms with E-state index in [1.54, 1.807) is 6.07 Å². The van der Waals surface area contributed by atoms with Gasteiger partial charge in [-0.2, -0.15) is 0 Å². The summed E-state index contributed by atoms with van der Waals surface area (Å²) in [5, 5.41) is 5.39. The minimum Gasteiger partial charge on any atom is -0.472 e. The first-order chi connectivity index (χ1) is 11.9. The van der Waals surface area contributed by atoms with Crippen molar-refractivity contribution in [2.24, 2.45) is 11.7 Å². The Kier molecular flexibility index (Phi) is 4.43. The number of carbonyl (C=O) groups excluding carboxylic acids is 2. The van der Waals surface area contributed by atoms with Crippen LogP contribution in [0.25, 0.3) is 11.3 Å². The average Bonchev–Trinajstić information content (AvgIpc) is 3.19. The van der Waals surface area contributed by atoms with Crippen LogP contribution in [-0.2, 0) is 11.3 Å². The molecule has 132 valence electrons. The molecule has 3 rings (SSSR count). The maximum Gasteiger partial charge on any atom is 0.254 e. The molecule has 0 saturated heterocycles. The van der Waals surface area contributed by atoms with E-state index in [9.17, 15) is 14.0 Å². The lowest BCUT2D eigenvalue weighted by molar-refractivity contribution is -0.119. The van der Waals surface area contributed by atoms with Crippen molar-refractivity contribution in [2.45, 2.75) is 32.9 Å². The number of rotatable bonds is 6. The number of carbonyl (C=O) groups is 2. The molecular weight excluding hydrogens is 327 g/mol. The molecule has 3 heterocycles. The number of fused-ring (bicyclic) bond motifs is 1. The Morgan fingerprint density at radius 2 is 2.28 bits per heavy atom. The number of furan rings is 1. The third-order valence-electron chi connectivity index (χ3n) is 4.04.